The molecule has 3 aromatic rings. The SMILES string of the molecule is CN(C)Sc1ccc(Nc2nc(-c3ccncc3)cs2)cc1. The smallest absolute Gasteiger partial charge is 0.187 e. The van der Waals surface area contributed by atoms with Crippen molar-refractivity contribution in [1.82, 2.24) is 14.3 Å². The van der Waals surface area contributed by atoms with Gasteiger partial charge in [-0.1, -0.05) is 0 Å². The second-order valence-corrected chi connectivity index (χ2v) is 7.07. The van der Waals surface area contributed by atoms with Crippen LogP contribution < -0.4 is 5.32 Å². The lowest BCUT2D eigenvalue weighted by molar-refractivity contribution is 0.702. The van der Waals surface area contributed by atoms with Crippen LogP contribution in [0.4, 0.5) is 10.8 Å². The number of thiazole rings is 1. The molecule has 1 aromatic carbocycles. The molecule has 1 N–H and O–H groups in total. The minimum Gasteiger partial charge on any atom is -0.332 e. The molecule has 0 atom stereocenters. The highest BCUT2D eigenvalue weighted by atomic mass is 32.2. The van der Waals surface area contributed by atoms with Gasteiger partial charge in [0.25, 0.3) is 0 Å². The monoisotopic (exact) mass is 328 g/mol. The summed E-state index contributed by atoms with van der Waals surface area (Å²) in [6.07, 6.45) is 3.56. The third-order valence-electron chi connectivity index (χ3n) is 2.87. The van der Waals surface area contributed by atoms with Crippen LogP contribution in [0.1, 0.15) is 0 Å². The van der Waals surface area contributed by atoms with E-state index >= 15 is 0 Å². The van der Waals surface area contributed by atoms with Crippen LogP contribution in [0.2, 0.25) is 0 Å². The molecule has 0 bridgehead atoms. The van der Waals surface area contributed by atoms with E-state index in [2.05, 4.69) is 43.9 Å². The Morgan fingerprint density at radius 1 is 1.05 bits per heavy atom. The molecule has 0 aliphatic heterocycles. The van der Waals surface area contributed by atoms with Gasteiger partial charge in [0.05, 0.1) is 5.69 Å². The van der Waals surface area contributed by atoms with Crippen LogP contribution in [0.5, 0.6) is 0 Å². The van der Waals surface area contributed by atoms with Crippen molar-refractivity contribution in [2.75, 3.05) is 19.4 Å². The number of benzene rings is 1. The fourth-order valence-electron chi connectivity index (χ4n) is 1.92. The Hall–Kier alpha value is -1.89. The third-order valence-corrected chi connectivity index (χ3v) is 4.48. The van der Waals surface area contributed by atoms with Gasteiger partial charge in [0.2, 0.25) is 0 Å². The van der Waals surface area contributed by atoms with E-state index in [1.54, 1.807) is 35.7 Å². The predicted octanol–water partition coefficient (Wildman–Crippen LogP) is 4.52. The first-order valence-electron chi connectivity index (χ1n) is 6.79. The van der Waals surface area contributed by atoms with E-state index in [4.69, 9.17) is 0 Å². The zero-order valence-electron chi connectivity index (χ0n) is 12.4. The van der Waals surface area contributed by atoms with Crippen molar-refractivity contribution in [3.63, 3.8) is 0 Å². The zero-order chi connectivity index (χ0) is 15.4. The van der Waals surface area contributed by atoms with Gasteiger partial charge in [0.1, 0.15) is 0 Å². The Morgan fingerprint density at radius 3 is 2.45 bits per heavy atom. The molecule has 0 aliphatic rings. The summed E-state index contributed by atoms with van der Waals surface area (Å²) in [5.41, 5.74) is 3.09. The molecule has 2 heterocycles. The molecular formula is C16H16N4S2. The Balaban J connectivity index is 1.70. The van der Waals surface area contributed by atoms with Crippen LogP contribution in [0.15, 0.2) is 59.1 Å². The maximum Gasteiger partial charge on any atom is 0.187 e. The van der Waals surface area contributed by atoms with Gasteiger partial charge in [0, 0.05) is 33.9 Å². The number of hydrogen-bond donors (Lipinski definition) is 1. The molecule has 0 spiro atoms. The highest BCUT2D eigenvalue weighted by Gasteiger charge is 2.05. The molecule has 22 heavy (non-hydrogen) atoms. The molecule has 0 radical (unpaired) electrons. The van der Waals surface area contributed by atoms with E-state index in [1.165, 1.54) is 4.90 Å². The Labute approximate surface area is 138 Å². The largest absolute Gasteiger partial charge is 0.332 e. The highest BCUT2D eigenvalue weighted by Crippen LogP contribution is 2.28. The van der Waals surface area contributed by atoms with Gasteiger partial charge in [-0.05, 0) is 62.4 Å². The maximum absolute atomic E-state index is 4.61. The maximum atomic E-state index is 4.61. The average molecular weight is 328 g/mol. The normalized spacial score (nSPS) is 10.9. The number of nitrogens with one attached hydrogen (secondary N) is 1. The summed E-state index contributed by atoms with van der Waals surface area (Å²) in [5.74, 6) is 0. The lowest BCUT2D eigenvalue weighted by Crippen LogP contribution is -1.98. The van der Waals surface area contributed by atoms with Crippen molar-refractivity contribution in [1.29, 1.82) is 0 Å². The number of pyridine rings is 1. The number of rotatable bonds is 5. The van der Waals surface area contributed by atoms with E-state index in [0.717, 1.165) is 22.1 Å². The first-order chi connectivity index (χ1) is 10.7. The highest BCUT2D eigenvalue weighted by molar-refractivity contribution is 7.97. The Kier molecular flexibility index (Phi) is 4.72. The summed E-state index contributed by atoms with van der Waals surface area (Å²) < 4.78 is 2.07. The van der Waals surface area contributed by atoms with E-state index in [0.29, 0.717) is 0 Å². The van der Waals surface area contributed by atoms with E-state index in [-0.39, 0.29) is 0 Å². The molecule has 0 unspecified atom stereocenters. The molecule has 6 heteroatoms. The van der Waals surface area contributed by atoms with E-state index in [9.17, 15) is 0 Å². The molecule has 0 saturated carbocycles. The number of nitrogens with zero attached hydrogens (tertiary/aromatic N) is 3. The second kappa shape index (κ2) is 6.91. The summed E-state index contributed by atoms with van der Waals surface area (Å²) >= 11 is 3.30. The van der Waals surface area contributed by atoms with Crippen molar-refractivity contribution in [3.05, 3.63) is 54.2 Å². The van der Waals surface area contributed by atoms with Gasteiger partial charge in [-0.2, -0.15) is 0 Å². The van der Waals surface area contributed by atoms with Crippen LogP contribution in [0.25, 0.3) is 11.3 Å². The molecule has 3 rings (SSSR count). The molecule has 0 aliphatic carbocycles. The molecule has 0 fully saturated rings. The predicted molar refractivity (Wildman–Crippen MR) is 94.6 cm³/mol. The van der Waals surface area contributed by atoms with Crippen LogP contribution in [0, 0.1) is 0 Å². The van der Waals surface area contributed by atoms with Crippen LogP contribution in [-0.4, -0.2) is 28.4 Å². The Bertz CT molecular complexity index is 723. The quantitative estimate of drug-likeness (QED) is 0.698. The fourth-order valence-corrected chi connectivity index (χ4v) is 3.34. The van der Waals surface area contributed by atoms with Gasteiger partial charge in [-0.3, -0.25) is 9.29 Å². The minimum absolute atomic E-state index is 0.889. The van der Waals surface area contributed by atoms with Crippen molar-refractivity contribution < 1.29 is 0 Å². The first kappa shape index (κ1) is 15.0. The van der Waals surface area contributed by atoms with E-state index in [1.807, 2.05) is 31.6 Å². The topological polar surface area (TPSA) is 41.0 Å². The van der Waals surface area contributed by atoms with Gasteiger partial charge < -0.3 is 5.32 Å². The summed E-state index contributed by atoms with van der Waals surface area (Å²) in [4.78, 5) is 9.86. The standard InChI is InChI=1S/C16H16N4S2/c1-20(2)22-14-5-3-13(4-6-14)18-16-19-15(11-21-16)12-7-9-17-10-8-12/h3-11H,1-2H3,(H,18,19). The van der Waals surface area contributed by atoms with Crippen molar-refractivity contribution in [2.45, 2.75) is 4.90 Å². The lowest BCUT2D eigenvalue weighted by Gasteiger charge is -2.09. The Morgan fingerprint density at radius 2 is 1.77 bits per heavy atom. The summed E-state index contributed by atoms with van der Waals surface area (Å²) in [6, 6.07) is 12.3. The van der Waals surface area contributed by atoms with Crippen LogP contribution in [0.3, 0.4) is 0 Å². The molecular weight excluding hydrogens is 312 g/mol. The first-order valence-corrected chi connectivity index (χ1v) is 8.44. The summed E-state index contributed by atoms with van der Waals surface area (Å²) in [6.45, 7) is 0. The van der Waals surface area contributed by atoms with Crippen molar-refractivity contribution >= 4 is 34.1 Å². The van der Waals surface area contributed by atoms with Gasteiger partial charge in [0.15, 0.2) is 5.13 Å². The molecule has 0 amide bonds. The van der Waals surface area contributed by atoms with Gasteiger partial charge in [-0.25, -0.2) is 4.98 Å². The molecule has 112 valence electrons. The summed E-state index contributed by atoms with van der Waals surface area (Å²) in [7, 11) is 4.07. The number of anilines is 2. The molecule has 2 aromatic heterocycles. The van der Waals surface area contributed by atoms with Gasteiger partial charge >= 0.3 is 0 Å². The molecule has 0 saturated heterocycles. The van der Waals surface area contributed by atoms with Crippen molar-refractivity contribution in [3.8, 4) is 11.3 Å². The van der Waals surface area contributed by atoms with E-state index < -0.39 is 0 Å². The number of hydrogen-bond acceptors (Lipinski definition) is 6. The minimum atomic E-state index is 0.889. The molecule has 4 nitrogen and oxygen atoms in total. The second-order valence-electron chi connectivity index (χ2n) is 4.83. The third kappa shape index (κ3) is 3.85. The average Bonchev–Trinajstić information content (AvgIpc) is 2.98. The zero-order valence-corrected chi connectivity index (χ0v) is 14.0. The van der Waals surface area contributed by atoms with Gasteiger partial charge in [-0.15, -0.1) is 11.3 Å². The van der Waals surface area contributed by atoms with Crippen molar-refractivity contribution in [2.24, 2.45) is 0 Å². The fraction of sp³-hybridized carbons (Fsp3) is 0.125. The van der Waals surface area contributed by atoms with Crippen LogP contribution in [-0.2, 0) is 0 Å². The van der Waals surface area contributed by atoms with Crippen LogP contribution >= 0.6 is 23.3 Å². The summed E-state index contributed by atoms with van der Waals surface area (Å²) in [5, 5.41) is 6.28. The number of aromatic nitrogens is 2. The lowest BCUT2D eigenvalue weighted by atomic mass is 10.2.